The molecule has 1 amide bonds. The molecular formula is C15H9N4O-. The summed E-state index contributed by atoms with van der Waals surface area (Å²) in [5.74, 6) is 0.972. The Bertz CT molecular complexity index is 712. The number of carbonyl (C=O) groups excluding carboxylic acids is 1. The van der Waals surface area contributed by atoms with E-state index < -0.39 is 5.92 Å². The van der Waals surface area contributed by atoms with E-state index in [4.69, 9.17) is 10.7 Å². The van der Waals surface area contributed by atoms with Crippen LogP contribution in [0.15, 0.2) is 47.2 Å². The van der Waals surface area contributed by atoms with E-state index in [0.717, 1.165) is 5.56 Å². The van der Waals surface area contributed by atoms with Gasteiger partial charge in [-0.05, 0) is 5.56 Å². The van der Waals surface area contributed by atoms with E-state index in [1.165, 1.54) is 0 Å². The summed E-state index contributed by atoms with van der Waals surface area (Å²) in [4.78, 5) is 11.8. The zero-order valence-corrected chi connectivity index (χ0v) is 10.4. The third kappa shape index (κ3) is 2.35. The van der Waals surface area contributed by atoms with E-state index in [9.17, 15) is 10.1 Å². The Balaban J connectivity index is 2.62. The van der Waals surface area contributed by atoms with Crippen LogP contribution in [0, 0.1) is 22.7 Å². The van der Waals surface area contributed by atoms with Crippen LogP contribution in [0.5, 0.6) is 0 Å². The average molecular weight is 261 g/mol. The molecular weight excluding hydrogens is 252 g/mol. The van der Waals surface area contributed by atoms with Crippen LogP contribution < -0.4 is 5.32 Å². The van der Waals surface area contributed by atoms with E-state index in [2.05, 4.69) is 5.32 Å². The number of benzene rings is 1. The SMILES string of the molecule is N#CC(=C=[N-])C1=C(C#N)[C@@H](c2ccccc2)CC(=O)N1. The maximum Gasteiger partial charge on any atom is 0.225 e. The van der Waals surface area contributed by atoms with Crippen molar-refractivity contribution in [1.29, 1.82) is 10.5 Å². The van der Waals surface area contributed by atoms with Crippen LogP contribution in [-0.4, -0.2) is 11.8 Å². The van der Waals surface area contributed by atoms with Gasteiger partial charge in [-0.2, -0.15) is 10.5 Å². The van der Waals surface area contributed by atoms with Crippen molar-refractivity contribution in [2.45, 2.75) is 12.3 Å². The first kappa shape index (κ1) is 13.3. The van der Waals surface area contributed by atoms with Gasteiger partial charge >= 0.3 is 0 Å². The van der Waals surface area contributed by atoms with E-state index in [1.807, 2.05) is 36.4 Å². The summed E-state index contributed by atoms with van der Waals surface area (Å²) in [7, 11) is 0. The van der Waals surface area contributed by atoms with E-state index >= 15 is 0 Å². The van der Waals surface area contributed by atoms with Gasteiger partial charge in [-0.15, -0.1) is 0 Å². The van der Waals surface area contributed by atoms with Crippen molar-refractivity contribution >= 4 is 11.8 Å². The molecule has 96 valence electrons. The zero-order chi connectivity index (χ0) is 14.5. The van der Waals surface area contributed by atoms with Gasteiger partial charge in [0.25, 0.3) is 0 Å². The monoisotopic (exact) mass is 261 g/mol. The van der Waals surface area contributed by atoms with Gasteiger partial charge in [-0.3, -0.25) is 4.79 Å². The molecule has 0 fully saturated rings. The molecule has 0 radical (unpaired) electrons. The Morgan fingerprint density at radius 1 is 1.30 bits per heavy atom. The van der Waals surface area contributed by atoms with Gasteiger partial charge in [0.1, 0.15) is 6.07 Å². The standard InChI is InChI=1S/C15H9N4O/c16-7-11(8-17)15-13(9-18)12(6-14(20)19-15)10-4-2-1-3-5-10/h1-5,12H,6H2,(H,19,20)/q-1/t12-/m1/s1. The van der Waals surface area contributed by atoms with Crippen molar-refractivity contribution in [3.63, 3.8) is 0 Å². The summed E-state index contributed by atoms with van der Waals surface area (Å²) in [6, 6.07) is 12.8. The van der Waals surface area contributed by atoms with Gasteiger partial charge in [0.15, 0.2) is 0 Å². The van der Waals surface area contributed by atoms with Gasteiger partial charge < -0.3 is 10.7 Å². The van der Waals surface area contributed by atoms with Crippen molar-refractivity contribution in [3.8, 4) is 12.1 Å². The highest BCUT2D eigenvalue weighted by Crippen LogP contribution is 2.33. The second-order valence-electron chi connectivity index (χ2n) is 4.21. The summed E-state index contributed by atoms with van der Waals surface area (Å²) >= 11 is 0. The molecule has 0 aromatic heterocycles. The largest absolute Gasteiger partial charge is 0.762 e. The summed E-state index contributed by atoms with van der Waals surface area (Å²) < 4.78 is 0. The van der Waals surface area contributed by atoms with Gasteiger partial charge in [0, 0.05) is 12.3 Å². The zero-order valence-electron chi connectivity index (χ0n) is 10.4. The number of nitrogens with zero attached hydrogens (tertiary/aromatic N) is 3. The highest BCUT2D eigenvalue weighted by atomic mass is 16.1. The highest BCUT2D eigenvalue weighted by molar-refractivity contribution is 5.86. The summed E-state index contributed by atoms with van der Waals surface area (Å²) in [6.07, 6.45) is 0.126. The molecule has 0 spiro atoms. The minimum Gasteiger partial charge on any atom is -0.762 e. The van der Waals surface area contributed by atoms with Crippen LogP contribution in [0.25, 0.3) is 5.41 Å². The molecule has 0 aliphatic carbocycles. The summed E-state index contributed by atoms with van der Waals surface area (Å²) in [5.41, 5.74) is 0.832. The van der Waals surface area contributed by atoms with E-state index in [1.54, 1.807) is 11.9 Å². The van der Waals surface area contributed by atoms with Crippen molar-refractivity contribution in [2.24, 2.45) is 0 Å². The van der Waals surface area contributed by atoms with Gasteiger partial charge in [0.05, 0.1) is 22.9 Å². The van der Waals surface area contributed by atoms with E-state index in [0.29, 0.717) is 0 Å². The van der Waals surface area contributed by atoms with Gasteiger partial charge in [-0.1, -0.05) is 30.3 Å². The van der Waals surface area contributed by atoms with Crippen molar-refractivity contribution in [2.75, 3.05) is 0 Å². The van der Waals surface area contributed by atoms with Crippen LogP contribution in [0.1, 0.15) is 17.9 Å². The lowest BCUT2D eigenvalue weighted by atomic mass is 9.84. The van der Waals surface area contributed by atoms with Crippen LogP contribution in [0.2, 0.25) is 0 Å². The predicted molar refractivity (Wildman–Crippen MR) is 72.1 cm³/mol. The van der Waals surface area contributed by atoms with Crippen molar-refractivity contribution < 1.29 is 4.79 Å². The molecule has 1 aliphatic rings. The van der Waals surface area contributed by atoms with Crippen LogP contribution in [0.3, 0.4) is 0 Å². The molecule has 0 saturated heterocycles. The molecule has 5 heteroatoms. The molecule has 2 rings (SSSR count). The molecule has 1 heterocycles. The Hall–Kier alpha value is -3.14. The lowest BCUT2D eigenvalue weighted by Gasteiger charge is -2.25. The third-order valence-corrected chi connectivity index (χ3v) is 3.07. The first-order valence-corrected chi connectivity index (χ1v) is 5.87. The fourth-order valence-electron chi connectivity index (χ4n) is 2.16. The molecule has 20 heavy (non-hydrogen) atoms. The number of allylic oxidation sites excluding steroid dienone is 2. The highest BCUT2D eigenvalue weighted by Gasteiger charge is 2.30. The number of hydrogen-bond acceptors (Lipinski definition) is 3. The van der Waals surface area contributed by atoms with Gasteiger partial charge in [0.2, 0.25) is 5.91 Å². The normalized spacial score (nSPS) is 17.5. The van der Waals surface area contributed by atoms with Crippen LogP contribution in [-0.2, 0) is 4.79 Å². The minimum atomic E-state index is -0.429. The molecule has 0 unspecified atom stereocenters. The fourth-order valence-corrected chi connectivity index (χ4v) is 2.16. The number of hydrogen-bond donors (Lipinski definition) is 1. The predicted octanol–water partition coefficient (Wildman–Crippen LogP) is 1.76. The Kier molecular flexibility index (Phi) is 3.77. The fraction of sp³-hybridized carbons (Fsp3) is 0.133. The van der Waals surface area contributed by atoms with Crippen LogP contribution >= 0.6 is 0 Å². The number of nitrogens with one attached hydrogen (secondary N) is 1. The van der Waals surface area contributed by atoms with E-state index in [-0.39, 0.29) is 29.2 Å². The lowest BCUT2D eigenvalue weighted by Crippen LogP contribution is -2.32. The average Bonchev–Trinajstić information content (AvgIpc) is 2.49. The van der Waals surface area contributed by atoms with Crippen molar-refractivity contribution in [1.82, 2.24) is 5.32 Å². The Morgan fingerprint density at radius 3 is 2.55 bits per heavy atom. The Morgan fingerprint density at radius 2 is 2.00 bits per heavy atom. The maximum atomic E-state index is 11.8. The van der Waals surface area contributed by atoms with Gasteiger partial charge in [-0.25, -0.2) is 5.87 Å². The molecule has 0 saturated carbocycles. The number of amides is 1. The number of rotatable bonds is 2. The maximum absolute atomic E-state index is 11.8. The quantitative estimate of drug-likeness (QED) is 0.648. The number of carbonyl (C=O) groups is 1. The Labute approximate surface area is 116 Å². The molecule has 1 atom stereocenters. The summed E-state index contributed by atoms with van der Waals surface area (Å²) in [6.45, 7) is 0. The lowest BCUT2D eigenvalue weighted by molar-refractivity contribution is -0.120. The number of nitriles is 2. The molecule has 1 aliphatic heterocycles. The summed E-state index contributed by atoms with van der Waals surface area (Å²) in [5, 5.41) is 29.6. The topological polar surface area (TPSA) is 99.0 Å². The van der Waals surface area contributed by atoms with Crippen LogP contribution in [0.4, 0.5) is 0 Å². The smallest absolute Gasteiger partial charge is 0.225 e. The van der Waals surface area contributed by atoms with Crippen molar-refractivity contribution in [3.05, 3.63) is 58.1 Å². The molecule has 5 nitrogen and oxygen atoms in total. The first-order valence-electron chi connectivity index (χ1n) is 5.87. The molecule has 1 aromatic carbocycles. The third-order valence-electron chi connectivity index (χ3n) is 3.07. The second kappa shape index (κ2) is 5.67. The first-order chi connectivity index (χ1) is 9.71. The molecule has 0 bridgehead atoms. The molecule has 1 N–H and O–H groups in total. The minimum absolute atomic E-state index is 0.0302. The second-order valence-corrected chi connectivity index (χ2v) is 4.21. The molecule has 1 aromatic rings.